The SMILES string of the molecule is C1=CC(N(c2ccc(-c3ccccc3)cc2)c2ccc(N(c3ccccc3)c3ccccc3)cc2)CC=C1N(c1ccccc1)c1ccc(N(c2ccccc2)c2ccccc2)cc1.c1ccc(-c2ccc(-c3ccc(N(c4ccc(-c5cccc6c5oc5ccccc56)cc4)c4cccc(-c5cccc6c5oc5ccccc56)c4)cc3)cc2)cc1. The molecular formula is C114H83N5O2. The maximum atomic E-state index is 6.48. The van der Waals surface area contributed by atoms with Crippen LogP contribution in [0.5, 0.6) is 0 Å². The van der Waals surface area contributed by atoms with Crippen molar-refractivity contribution in [1.29, 1.82) is 0 Å². The third kappa shape index (κ3) is 15.3. The Bertz CT molecular complexity index is 6910. The fourth-order valence-electron chi connectivity index (χ4n) is 17.0. The number of hydrogen-bond donors (Lipinski definition) is 0. The number of allylic oxidation sites excluding steroid dienone is 1. The number of anilines is 13. The lowest BCUT2D eigenvalue weighted by atomic mass is 9.99. The maximum Gasteiger partial charge on any atom is 0.143 e. The standard InChI is InChI=1S/C60H48N4.C54H35NO2/c1-7-19-47(20-8-1)48-31-33-54(34-32-48)64(59-43-37-56(38-44-59)62(51-25-13-4-14-26-51)52-27-15-5-16-28-52)60-45-41-58(42-46-60)63(53-29-17-6-18-30-53)57-39-35-55(36-40-57)61(49-21-9-2-10-22-49)50-23-11-3-12-24-50;1-2-11-36(12-3-1)37-23-25-38(26-24-37)39-27-31-42(32-28-39)55(43-33-29-40(30-34-43)45-17-9-19-49-47-15-4-6-21-51(47)56-53(45)49)44-14-8-13-41(35-44)46-18-10-20-50-48-16-5-7-22-52(48)57-54(46)50/h1-45,60H,46H2;1-35H. The van der Waals surface area contributed by atoms with E-state index >= 15 is 0 Å². The molecule has 0 spiro atoms. The van der Waals surface area contributed by atoms with Gasteiger partial charge in [-0.15, -0.1) is 0 Å². The van der Waals surface area contributed by atoms with Gasteiger partial charge in [-0.25, -0.2) is 0 Å². The van der Waals surface area contributed by atoms with E-state index in [0.717, 1.165) is 158 Å². The van der Waals surface area contributed by atoms with Crippen LogP contribution in [0.25, 0.3) is 99.5 Å². The van der Waals surface area contributed by atoms with E-state index < -0.39 is 0 Å². The molecule has 0 aliphatic heterocycles. The Labute approximate surface area is 705 Å². The fourth-order valence-corrected chi connectivity index (χ4v) is 17.0. The molecule has 0 N–H and O–H groups in total. The van der Waals surface area contributed by atoms with Crippen molar-refractivity contribution in [1.82, 2.24) is 0 Å². The Morgan fingerprint density at radius 2 is 0.463 bits per heavy atom. The van der Waals surface area contributed by atoms with Crippen molar-refractivity contribution >= 4 is 118 Å². The Hall–Kier alpha value is -16.0. The molecule has 0 radical (unpaired) electrons. The van der Waals surface area contributed by atoms with Crippen molar-refractivity contribution in [2.24, 2.45) is 0 Å². The van der Waals surface area contributed by atoms with Gasteiger partial charge in [0.25, 0.3) is 0 Å². The summed E-state index contributed by atoms with van der Waals surface area (Å²) in [6.45, 7) is 0. The van der Waals surface area contributed by atoms with Crippen molar-refractivity contribution in [3.8, 4) is 55.6 Å². The normalized spacial score (nSPS) is 12.4. The number of hydrogen-bond acceptors (Lipinski definition) is 7. The summed E-state index contributed by atoms with van der Waals surface area (Å²) >= 11 is 0. The highest BCUT2D eigenvalue weighted by molar-refractivity contribution is 6.11. The molecule has 576 valence electrons. The van der Waals surface area contributed by atoms with Gasteiger partial charge < -0.3 is 33.3 Å². The van der Waals surface area contributed by atoms with Crippen LogP contribution in [0.15, 0.2) is 500 Å². The predicted octanol–water partition coefficient (Wildman–Crippen LogP) is 32.1. The first-order valence-corrected chi connectivity index (χ1v) is 41.3. The summed E-state index contributed by atoms with van der Waals surface area (Å²) in [4.78, 5) is 11.8. The first-order valence-electron chi connectivity index (χ1n) is 41.3. The van der Waals surface area contributed by atoms with E-state index in [2.05, 4.69) is 486 Å². The van der Waals surface area contributed by atoms with Crippen LogP contribution in [0.4, 0.5) is 73.9 Å². The highest BCUT2D eigenvalue weighted by atomic mass is 16.3. The Morgan fingerprint density at radius 3 is 0.860 bits per heavy atom. The van der Waals surface area contributed by atoms with E-state index in [-0.39, 0.29) is 6.04 Å². The van der Waals surface area contributed by atoms with Crippen LogP contribution in [0.3, 0.4) is 0 Å². The maximum absolute atomic E-state index is 6.48. The average molecular weight is 1550 g/mol. The predicted molar refractivity (Wildman–Crippen MR) is 508 cm³/mol. The number of rotatable bonds is 20. The lowest BCUT2D eigenvalue weighted by Gasteiger charge is -2.35. The number of furan rings is 2. The van der Waals surface area contributed by atoms with Crippen molar-refractivity contribution in [3.63, 3.8) is 0 Å². The number of benzene rings is 18. The second-order valence-electron chi connectivity index (χ2n) is 30.3. The molecule has 18 aromatic carbocycles. The molecule has 0 saturated heterocycles. The van der Waals surface area contributed by atoms with Gasteiger partial charge in [0, 0.05) is 112 Å². The van der Waals surface area contributed by atoms with Crippen molar-refractivity contribution in [2.45, 2.75) is 12.5 Å². The van der Waals surface area contributed by atoms with Crippen LogP contribution in [-0.2, 0) is 0 Å². The second-order valence-corrected chi connectivity index (χ2v) is 30.3. The molecule has 1 aliphatic rings. The minimum Gasteiger partial charge on any atom is -0.455 e. The molecule has 2 aromatic heterocycles. The smallest absolute Gasteiger partial charge is 0.143 e. The van der Waals surface area contributed by atoms with Crippen LogP contribution in [-0.4, -0.2) is 6.04 Å². The Morgan fingerprint density at radius 1 is 0.198 bits per heavy atom. The van der Waals surface area contributed by atoms with Crippen LogP contribution >= 0.6 is 0 Å². The minimum absolute atomic E-state index is 0.0711. The topological polar surface area (TPSA) is 42.5 Å². The lowest BCUT2D eigenvalue weighted by molar-refractivity contribution is 0.669. The van der Waals surface area contributed by atoms with Gasteiger partial charge in [0.05, 0.1) is 6.04 Å². The van der Waals surface area contributed by atoms with Crippen LogP contribution in [0, 0.1) is 0 Å². The van der Waals surface area contributed by atoms with Crippen LogP contribution in [0.1, 0.15) is 6.42 Å². The molecule has 0 bridgehead atoms. The van der Waals surface area contributed by atoms with Crippen molar-refractivity contribution < 1.29 is 8.83 Å². The largest absolute Gasteiger partial charge is 0.455 e. The summed E-state index contributed by atoms with van der Waals surface area (Å²) in [5.41, 5.74) is 30.5. The van der Waals surface area contributed by atoms with Gasteiger partial charge in [-0.1, -0.05) is 309 Å². The van der Waals surface area contributed by atoms with Crippen LogP contribution < -0.4 is 24.5 Å². The fraction of sp³-hybridized carbons (Fsp3) is 0.0175. The van der Waals surface area contributed by atoms with E-state index in [1.165, 1.54) is 27.8 Å². The zero-order valence-corrected chi connectivity index (χ0v) is 66.5. The summed E-state index contributed by atoms with van der Waals surface area (Å²) < 4.78 is 12.9. The molecule has 21 rings (SSSR count). The summed E-state index contributed by atoms with van der Waals surface area (Å²) in [6, 6.07) is 166. The highest BCUT2D eigenvalue weighted by Gasteiger charge is 2.26. The molecule has 0 saturated carbocycles. The van der Waals surface area contributed by atoms with Crippen LogP contribution in [0.2, 0.25) is 0 Å². The van der Waals surface area contributed by atoms with Gasteiger partial charge in [0.1, 0.15) is 22.3 Å². The summed E-state index contributed by atoms with van der Waals surface area (Å²) in [5, 5.41) is 4.50. The summed E-state index contributed by atoms with van der Waals surface area (Å²) in [5.74, 6) is 0. The molecule has 7 nitrogen and oxygen atoms in total. The molecule has 0 amide bonds. The molecule has 1 atom stereocenters. The molecule has 20 aromatic rings. The Kier molecular flexibility index (Phi) is 20.6. The van der Waals surface area contributed by atoms with E-state index in [4.69, 9.17) is 8.83 Å². The quantitative estimate of drug-likeness (QED) is 0.0753. The van der Waals surface area contributed by atoms with E-state index in [1.54, 1.807) is 0 Å². The highest BCUT2D eigenvalue weighted by Crippen LogP contribution is 2.46. The Balaban J connectivity index is 0.000000155. The van der Waals surface area contributed by atoms with Gasteiger partial charge in [0.15, 0.2) is 0 Å². The zero-order chi connectivity index (χ0) is 80.6. The van der Waals surface area contributed by atoms with Gasteiger partial charge >= 0.3 is 0 Å². The van der Waals surface area contributed by atoms with Crippen molar-refractivity contribution in [3.05, 3.63) is 491 Å². The molecule has 1 unspecified atom stereocenters. The second kappa shape index (κ2) is 33.7. The average Bonchev–Trinajstić information content (AvgIpc) is 1.47. The first-order chi connectivity index (χ1) is 60.0. The zero-order valence-electron chi connectivity index (χ0n) is 66.5. The van der Waals surface area contributed by atoms with Crippen molar-refractivity contribution in [2.75, 3.05) is 24.5 Å². The van der Waals surface area contributed by atoms with Gasteiger partial charge in [0.2, 0.25) is 0 Å². The number of fused-ring (bicyclic) bond motifs is 6. The third-order valence-electron chi connectivity index (χ3n) is 22.8. The molecular weight excluding hydrogens is 1470 g/mol. The number of para-hydroxylation sites is 9. The molecule has 7 heteroatoms. The minimum atomic E-state index is 0.0711. The monoisotopic (exact) mass is 1550 g/mol. The summed E-state index contributed by atoms with van der Waals surface area (Å²) in [7, 11) is 0. The van der Waals surface area contributed by atoms with E-state index in [0.29, 0.717) is 0 Å². The molecule has 1 aliphatic carbocycles. The van der Waals surface area contributed by atoms with Gasteiger partial charge in [-0.2, -0.15) is 0 Å². The lowest BCUT2D eigenvalue weighted by Crippen LogP contribution is -2.31. The van der Waals surface area contributed by atoms with Gasteiger partial charge in [-0.3, -0.25) is 0 Å². The van der Waals surface area contributed by atoms with E-state index in [9.17, 15) is 0 Å². The van der Waals surface area contributed by atoms with E-state index in [1.807, 2.05) is 24.3 Å². The summed E-state index contributed by atoms with van der Waals surface area (Å²) in [6.07, 6.45) is 7.86. The third-order valence-corrected chi connectivity index (χ3v) is 22.8. The van der Waals surface area contributed by atoms with Gasteiger partial charge in [-0.05, 0) is 227 Å². The first kappa shape index (κ1) is 73.9. The molecule has 121 heavy (non-hydrogen) atoms. The molecule has 0 fully saturated rings. The number of nitrogens with zero attached hydrogens (tertiary/aromatic N) is 5. The molecule has 2 heterocycles.